The molecule has 0 bridgehead atoms. The van der Waals surface area contributed by atoms with Crippen LogP contribution in [0, 0.1) is 0 Å². The summed E-state index contributed by atoms with van der Waals surface area (Å²) in [6.07, 6.45) is 6.36. The first kappa shape index (κ1) is 35.5. The highest BCUT2D eigenvalue weighted by molar-refractivity contribution is 5.98. The maximum Gasteiger partial charge on any atom is 0.326 e. The van der Waals surface area contributed by atoms with Crippen molar-refractivity contribution in [1.82, 2.24) is 5.32 Å². The first-order valence-electron chi connectivity index (χ1n) is 16.4. The summed E-state index contributed by atoms with van der Waals surface area (Å²) < 4.78 is 11.0. The van der Waals surface area contributed by atoms with Gasteiger partial charge in [-0.05, 0) is 83.8 Å². The minimum absolute atomic E-state index is 0.126. The molecule has 9 nitrogen and oxygen atoms in total. The van der Waals surface area contributed by atoms with Gasteiger partial charge in [0.05, 0.1) is 20.1 Å². The van der Waals surface area contributed by atoms with Gasteiger partial charge in [0.15, 0.2) is 0 Å². The van der Waals surface area contributed by atoms with Crippen molar-refractivity contribution >= 4 is 29.2 Å². The standard InChI is InChI=1S/C39H45N3O6/c1-3-4-5-6-7-24-48-35-22-12-30(13-23-35)27-40-32-16-8-28(9-17-32)25-36(39(45)46)42-38(44)31-14-18-33(19-15-31)41-37(43)26-29-10-20-34(47-2)21-11-29/h8-23,36,40H,3-7,24-27H2,1-2H3,(H,41,43)(H,42,44)(H,45,46)/t36-/m0/s1. The Morgan fingerprint density at radius 1 is 0.708 bits per heavy atom. The molecule has 4 aromatic rings. The van der Waals surface area contributed by atoms with Gasteiger partial charge in [-0.15, -0.1) is 0 Å². The summed E-state index contributed by atoms with van der Waals surface area (Å²) in [5.41, 5.74) is 4.45. The molecule has 4 aromatic carbocycles. The molecule has 0 unspecified atom stereocenters. The number of hydrogen-bond donors (Lipinski definition) is 4. The number of carboxylic acid groups (broad SMARTS) is 1. The average molecular weight is 652 g/mol. The molecule has 252 valence electrons. The van der Waals surface area contributed by atoms with Gasteiger partial charge in [0.1, 0.15) is 17.5 Å². The van der Waals surface area contributed by atoms with Crippen LogP contribution in [0.3, 0.4) is 0 Å². The monoisotopic (exact) mass is 651 g/mol. The van der Waals surface area contributed by atoms with Crippen LogP contribution in [0.15, 0.2) is 97.1 Å². The Morgan fingerprint density at radius 2 is 1.31 bits per heavy atom. The summed E-state index contributed by atoms with van der Waals surface area (Å²) in [6, 6.07) is 28.0. The number of nitrogens with one attached hydrogen (secondary N) is 3. The first-order chi connectivity index (χ1) is 23.3. The average Bonchev–Trinajstić information content (AvgIpc) is 3.10. The summed E-state index contributed by atoms with van der Waals surface area (Å²) in [7, 11) is 1.58. The number of carbonyl (C=O) groups is 3. The normalized spacial score (nSPS) is 11.3. The van der Waals surface area contributed by atoms with Crippen molar-refractivity contribution in [1.29, 1.82) is 0 Å². The number of carbonyl (C=O) groups excluding carboxylic acids is 2. The van der Waals surface area contributed by atoms with E-state index in [2.05, 4.69) is 22.9 Å². The number of methoxy groups -OCH3 is 1. The largest absolute Gasteiger partial charge is 0.497 e. The summed E-state index contributed by atoms with van der Waals surface area (Å²) in [5.74, 6) is -0.253. The van der Waals surface area contributed by atoms with Crippen LogP contribution in [0.1, 0.15) is 66.1 Å². The molecule has 0 spiro atoms. The van der Waals surface area contributed by atoms with Crippen LogP contribution in [0.2, 0.25) is 0 Å². The zero-order valence-corrected chi connectivity index (χ0v) is 27.7. The second-order valence-electron chi connectivity index (χ2n) is 11.7. The molecule has 9 heteroatoms. The van der Waals surface area contributed by atoms with Crippen molar-refractivity contribution in [2.45, 2.75) is 64.5 Å². The van der Waals surface area contributed by atoms with Gasteiger partial charge in [-0.25, -0.2) is 4.79 Å². The molecule has 0 saturated carbocycles. The Morgan fingerprint density at radius 3 is 1.96 bits per heavy atom. The number of benzene rings is 4. The molecule has 2 amide bonds. The number of rotatable bonds is 19. The fraction of sp³-hybridized carbons (Fsp3) is 0.308. The number of ether oxygens (including phenoxy) is 2. The van der Waals surface area contributed by atoms with E-state index in [9.17, 15) is 19.5 Å². The number of hydrogen-bond acceptors (Lipinski definition) is 6. The molecule has 0 radical (unpaired) electrons. The summed E-state index contributed by atoms with van der Waals surface area (Å²) in [4.78, 5) is 37.3. The summed E-state index contributed by atoms with van der Waals surface area (Å²) in [5, 5.41) is 18.6. The Bertz CT molecular complexity index is 1590. The fourth-order valence-electron chi connectivity index (χ4n) is 5.08. The van der Waals surface area contributed by atoms with E-state index in [1.165, 1.54) is 25.7 Å². The number of unbranched alkanes of at least 4 members (excludes halogenated alkanes) is 4. The Hall–Kier alpha value is -5.31. The van der Waals surface area contributed by atoms with Crippen LogP contribution < -0.4 is 25.4 Å². The molecule has 1 atom stereocenters. The Kier molecular flexibility index (Phi) is 13.9. The molecule has 0 fully saturated rings. The number of carboxylic acids is 1. The van der Waals surface area contributed by atoms with Crippen LogP contribution in [0.5, 0.6) is 11.5 Å². The maximum absolute atomic E-state index is 12.9. The topological polar surface area (TPSA) is 126 Å². The lowest BCUT2D eigenvalue weighted by Gasteiger charge is -2.15. The smallest absolute Gasteiger partial charge is 0.326 e. The summed E-state index contributed by atoms with van der Waals surface area (Å²) in [6.45, 7) is 3.58. The van der Waals surface area contributed by atoms with Crippen LogP contribution in [0.4, 0.5) is 11.4 Å². The maximum atomic E-state index is 12.9. The van der Waals surface area contributed by atoms with Crippen LogP contribution in [0.25, 0.3) is 0 Å². The second kappa shape index (κ2) is 18.7. The SMILES string of the molecule is CCCCCCCOc1ccc(CNc2ccc(C[C@H](NC(=O)c3ccc(NC(=O)Cc4ccc(OC)cc4)cc3)C(=O)O)cc2)cc1. The second-order valence-corrected chi connectivity index (χ2v) is 11.7. The number of anilines is 2. The molecule has 0 aliphatic carbocycles. The van der Waals surface area contributed by atoms with Crippen molar-refractivity contribution in [3.8, 4) is 11.5 Å². The highest BCUT2D eigenvalue weighted by atomic mass is 16.5. The zero-order chi connectivity index (χ0) is 34.1. The predicted octanol–water partition coefficient (Wildman–Crippen LogP) is 7.26. The van der Waals surface area contributed by atoms with Crippen LogP contribution >= 0.6 is 0 Å². The third kappa shape index (κ3) is 11.8. The van der Waals surface area contributed by atoms with Gasteiger partial charge >= 0.3 is 5.97 Å². The third-order valence-electron chi connectivity index (χ3n) is 7.89. The van der Waals surface area contributed by atoms with E-state index in [1.54, 1.807) is 43.5 Å². The highest BCUT2D eigenvalue weighted by Gasteiger charge is 2.21. The van der Waals surface area contributed by atoms with Gasteiger partial charge in [0.2, 0.25) is 5.91 Å². The molecule has 0 aliphatic heterocycles. The number of amides is 2. The first-order valence-corrected chi connectivity index (χ1v) is 16.4. The van der Waals surface area contributed by atoms with Crippen molar-refractivity contribution in [3.63, 3.8) is 0 Å². The van der Waals surface area contributed by atoms with Gasteiger partial charge in [-0.3, -0.25) is 9.59 Å². The molecule has 4 N–H and O–H groups in total. The quantitative estimate of drug-likeness (QED) is 0.0786. The van der Waals surface area contributed by atoms with E-state index in [-0.39, 0.29) is 24.3 Å². The molecule has 48 heavy (non-hydrogen) atoms. The zero-order valence-electron chi connectivity index (χ0n) is 27.7. The third-order valence-corrected chi connectivity index (χ3v) is 7.89. The minimum Gasteiger partial charge on any atom is -0.497 e. The van der Waals surface area contributed by atoms with E-state index in [0.29, 0.717) is 18.0 Å². The van der Waals surface area contributed by atoms with Crippen molar-refractivity contribution in [2.75, 3.05) is 24.4 Å². The predicted molar refractivity (Wildman–Crippen MR) is 189 cm³/mol. The van der Waals surface area contributed by atoms with E-state index in [1.807, 2.05) is 60.7 Å². The number of aliphatic carboxylic acids is 1. The van der Waals surface area contributed by atoms with Gasteiger partial charge < -0.3 is 30.5 Å². The van der Waals surface area contributed by atoms with Crippen LogP contribution in [-0.4, -0.2) is 42.6 Å². The van der Waals surface area contributed by atoms with E-state index < -0.39 is 17.9 Å². The van der Waals surface area contributed by atoms with Gasteiger partial charge in [-0.2, -0.15) is 0 Å². The van der Waals surface area contributed by atoms with Crippen molar-refractivity contribution in [2.24, 2.45) is 0 Å². The van der Waals surface area contributed by atoms with Crippen LogP contribution in [-0.2, 0) is 29.0 Å². The molecular formula is C39H45N3O6. The lowest BCUT2D eigenvalue weighted by atomic mass is 10.0. The molecule has 0 aromatic heterocycles. The van der Waals surface area contributed by atoms with Crippen molar-refractivity contribution < 1.29 is 29.0 Å². The van der Waals surface area contributed by atoms with E-state index in [0.717, 1.165) is 41.2 Å². The van der Waals surface area contributed by atoms with Gasteiger partial charge in [0.25, 0.3) is 5.91 Å². The van der Waals surface area contributed by atoms with E-state index >= 15 is 0 Å². The lowest BCUT2D eigenvalue weighted by molar-refractivity contribution is -0.139. The fourth-order valence-corrected chi connectivity index (χ4v) is 5.08. The van der Waals surface area contributed by atoms with Gasteiger partial charge in [0, 0.05) is 29.9 Å². The van der Waals surface area contributed by atoms with Crippen molar-refractivity contribution in [3.05, 3.63) is 119 Å². The summed E-state index contributed by atoms with van der Waals surface area (Å²) >= 11 is 0. The molecule has 0 aliphatic rings. The lowest BCUT2D eigenvalue weighted by Crippen LogP contribution is -2.42. The highest BCUT2D eigenvalue weighted by Crippen LogP contribution is 2.18. The van der Waals surface area contributed by atoms with E-state index in [4.69, 9.17) is 9.47 Å². The minimum atomic E-state index is -1.13. The molecule has 0 saturated heterocycles. The molecule has 4 rings (SSSR count). The molecule has 0 heterocycles. The Balaban J connectivity index is 1.21. The molecular weight excluding hydrogens is 606 g/mol. The van der Waals surface area contributed by atoms with Gasteiger partial charge in [-0.1, -0.05) is 69.0 Å². The Labute approximate surface area is 282 Å².